The van der Waals surface area contributed by atoms with Crippen LogP contribution in [-0.2, 0) is 11.3 Å². The average molecular weight is 212 g/mol. The molecule has 1 amide bonds. The van der Waals surface area contributed by atoms with Crippen molar-refractivity contribution in [2.45, 2.75) is 25.9 Å². The maximum Gasteiger partial charge on any atom is 0.242 e. The summed E-state index contributed by atoms with van der Waals surface area (Å²) in [6.45, 7) is 4.07. The summed E-state index contributed by atoms with van der Waals surface area (Å²) in [6, 6.07) is 2.01. The first kappa shape index (κ1) is 11.2. The van der Waals surface area contributed by atoms with E-state index in [1.165, 1.54) is 0 Å². The topological polar surface area (TPSA) is 46.3 Å². The van der Waals surface area contributed by atoms with Gasteiger partial charge in [0.05, 0.1) is 5.54 Å². The van der Waals surface area contributed by atoms with Crippen molar-refractivity contribution in [2.24, 2.45) is 5.73 Å². The lowest BCUT2D eigenvalue weighted by Crippen LogP contribution is -2.49. The highest BCUT2D eigenvalue weighted by atomic mass is 32.1. The van der Waals surface area contributed by atoms with Gasteiger partial charge in [0.15, 0.2) is 0 Å². The van der Waals surface area contributed by atoms with E-state index in [1.807, 2.05) is 16.8 Å². The van der Waals surface area contributed by atoms with Crippen LogP contribution >= 0.6 is 11.3 Å². The quantitative estimate of drug-likeness (QED) is 0.824. The summed E-state index contributed by atoms with van der Waals surface area (Å²) in [5, 5.41) is 4.04. The van der Waals surface area contributed by atoms with Gasteiger partial charge in [0, 0.05) is 13.6 Å². The van der Waals surface area contributed by atoms with E-state index >= 15 is 0 Å². The monoisotopic (exact) mass is 212 g/mol. The number of amides is 1. The van der Waals surface area contributed by atoms with Crippen LogP contribution in [0.15, 0.2) is 16.8 Å². The Labute approximate surface area is 88.5 Å². The van der Waals surface area contributed by atoms with Gasteiger partial charge in [0.25, 0.3) is 0 Å². The molecule has 0 saturated carbocycles. The minimum Gasteiger partial charge on any atom is -0.340 e. The molecule has 0 unspecified atom stereocenters. The fourth-order valence-corrected chi connectivity index (χ4v) is 1.88. The Balaban J connectivity index is 2.59. The molecule has 0 saturated heterocycles. The van der Waals surface area contributed by atoms with Crippen LogP contribution in [0.25, 0.3) is 0 Å². The minimum absolute atomic E-state index is 0.0382. The van der Waals surface area contributed by atoms with Gasteiger partial charge < -0.3 is 10.6 Å². The van der Waals surface area contributed by atoms with Crippen LogP contribution in [-0.4, -0.2) is 23.4 Å². The number of likely N-dealkylation sites (N-methyl/N-ethyl adjacent to an activating group) is 1. The molecule has 4 heteroatoms. The van der Waals surface area contributed by atoms with Gasteiger partial charge in [-0.05, 0) is 36.2 Å². The normalized spacial score (nSPS) is 11.4. The van der Waals surface area contributed by atoms with E-state index in [0.29, 0.717) is 6.54 Å². The summed E-state index contributed by atoms with van der Waals surface area (Å²) in [5.41, 5.74) is 6.08. The molecule has 14 heavy (non-hydrogen) atoms. The SMILES string of the molecule is CN(Cc1ccsc1)C(=O)C(C)(C)N. The van der Waals surface area contributed by atoms with Crippen LogP contribution in [0.3, 0.4) is 0 Å². The molecule has 1 aromatic rings. The smallest absolute Gasteiger partial charge is 0.242 e. The van der Waals surface area contributed by atoms with Crippen LogP contribution in [0.2, 0.25) is 0 Å². The number of rotatable bonds is 3. The van der Waals surface area contributed by atoms with Gasteiger partial charge in [0.2, 0.25) is 5.91 Å². The molecule has 0 aliphatic rings. The van der Waals surface area contributed by atoms with Crippen LogP contribution < -0.4 is 5.73 Å². The zero-order valence-electron chi connectivity index (χ0n) is 8.78. The first-order chi connectivity index (χ1) is 6.41. The second-order valence-corrected chi connectivity index (χ2v) is 4.79. The predicted octanol–water partition coefficient (Wildman–Crippen LogP) is 1.44. The standard InChI is InChI=1S/C10H16N2OS/c1-10(2,11)9(13)12(3)6-8-4-5-14-7-8/h4-5,7H,6,11H2,1-3H3. The molecule has 0 aliphatic carbocycles. The highest BCUT2D eigenvalue weighted by Crippen LogP contribution is 2.11. The number of carbonyl (C=O) groups excluding carboxylic acids is 1. The molecule has 0 spiro atoms. The summed E-state index contributed by atoms with van der Waals surface area (Å²) in [7, 11) is 1.77. The van der Waals surface area contributed by atoms with Crippen molar-refractivity contribution in [3.05, 3.63) is 22.4 Å². The lowest BCUT2D eigenvalue weighted by atomic mass is 10.1. The van der Waals surface area contributed by atoms with Crippen molar-refractivity contribution >= 4 is 17.2 Å². The highest BCUT2D eigenvalue weighted by Gasteiger charge is 2.25. The van der Waals surface area contributed by atoms with E-state index in [9.17, 15) is 4.79 Å². The van der Waals surface area contributed by atoms with E-state index in [-0.39, 0.29) is 5.91 Å². The third kappa shape index (κ3) is 2.82. The minimum atomic E-state index is -0.787. The molecule has 78 valence electrons. The number of hydrogen-bond donors (Lipinski definition) is 1. The second-order valence-electron chi connectivity index (χ2n) is 4.01. The summed E-state index contributed by atoms with van der Waals surface area (Å²) in [6.07, 6.45) is 0. The number of carbonyl (C=O) groups is 1. The van der Waals surface area contributed by atoms with Gasteiger partial charge in [-0.1, -0.05) is 0 Å². The molecule has 0 fully saturated rings. The van der Waals surface area contributed by atoms with E-state index in [2.05, 4.69) is 0 Å². The molecule has 1 heterocycles. The maximum atomic E-state index is 11.7. The fraction of sp³-hybridized carbons (Fsp3) is 0.500. The van der Waals surface area contributed by atoms with Gasteiger partial charge >= 0.3 is 0 Å². The molecule has 0 aromatic carbocycles. The lowest BCUT2D eigenvalue weighted by molar-refractivity contribution is -0.134. The van der Waals surface area contributed by atoms with E-state index in [4.69, 9.17) is 5.73 Å². The van der Waals surface area contributed by atoms with Crippen molar-refractivity contribution in [1.29, 1.82) is 0 Å². The van der Waals surface area contributed by atoms with Crippen molar-refractivity contribution in [3.63, 3.8) is 0 Å². The molecule has 0 radical (unpaired) electrons. The van der Waals surface area contributed by atoms with Gasteiger partial charge in [-0.25, -0.2) is 0 Å². The molecule has 1 aromatic heterocycles. The Kier molecular flexibility index (Phi) is 3.29. The molecule has 2 N–H and O–H groups in total. The van der Waals surface area contributed by atoms with Gasteiger partial charge in [-0.15, -0.1) is 0 Å². The zero-order chi connectivity index (χ0) is 10.8. The predicted molar refractivity (Wildman–Crippen MR) is 59.1 cm³/mol. The van der Waals surface area contributed by atoms with Crippen molar-refractivity contribution in [3.8, 4) is 0 Å². The van der Waals surface area contributed by atoms with Crippen molar-refractivity contribution < 1.29 is 4.79 Å². The van der Waals surface area contributed by atoms with Gasteiger partial charge in [-0.2, -0.15) is 11.3 Å². The number of hydrogen-bond acceptors (Lipinski definition) is 3. The number of thiophene rings is 1. The molecule has 1 rings (SSSR count). The van der Waals surface area contributed by atoms with Crippen LogP contribution in [0.4, 0.5) is 0 Å². The first-order valence-corrected chi connectivity index (χ1v) is 5.41. The van der Waals surface area contributed by atoms with Crippen LogP contribution in [0.5, 0.6) is 0 Å². The molecule has 3 nitrogen and oxygen atoms in total. The zero-order valence-corrected chi connectivity index (χ0v) is 9.60. The Hall–Kier alpha value is -0.870. The third-order valence-electron chi connectivity index (χ3n) is 1.90. The lowest BCUT2D eigenvalue weighted by Gasteiger charge is -2.25. The number of nitrogens with zero attached hydrogens (tertiary/aromatic N) is 1. The molecule has 0 bridgehead atoms. The molecule has 0 atom stereocenters. The van der Waals surface area contributed by atoms with E-state index in [1.54, 1.807) is 37.1 Å². The first-order valence-electron chi connectivity index (χ1n) is 4.47. The Bertz CT molecular complexity index is 300. The Morgan fingerprint density at radius 3 is 2.71 bits per heavy atom. The van der Waals surface area contributed by atoms with E-state index < -0.39 is 5.54 Å². The van der Waals surface area contributed by atoms with Gasteiger partial charge in [-0.3, -0.25) is 4.79 Å². The molecule has 0 aliphatic heterocycles. The summed E-state index contributed by atoms with van der Waals surface area (Å²) in [5.74, 6) is -0.0382. The molecular weight excluding hydrogens is 196 g/mol. The Morgan fingerprint density at radius 2 is 2.29 bits per heavy atom. The van der Waals surface area contributed by atoms with Crippen LogP contribution in [0.1, 0.15) is 19.4 Å². The van der Waals surface area contributed by atoms with Crippen molar-refractivity contribution in [2.75, 3.05) is 7.05 Å². The third-order valence-corrected chi connectivity index (χ3v) is 2.63. The number of nitrogens with two attached hydrogens (primary N) is 1. The Morgan fingerprint density at radius 1 is 1.64 bits per heavy atom. The largest absolute Gasteiger partial charge is 0.340 e. The second kappa shape index (κ2) is 4.11. The summed E-state index contributed by atoms with van der Waals surface area (Å²) in [4.78, 5) is 13.3. The van der Waals surface area contributed by atoms with Gasteiger partial charge in [0.1, 0.15) is 0 Å². The fourth-order valence-electron chi connectivity index (χ4n) is 1.22. The van der Waals surface area contributed by atoms with Crippen LogP contribution in [0, 0.1) is 0 Å². The average Bonchev–Trinajstić information content (AvgIpc) is 2.53. The summed E-state index contributed by atoms with van der Waals surface area (Å²) < 4.78 is 0. The summed E-state index contributed by atoms with van der Waals surface area (Å²) >= 11 is 1.63. The van der Waals surface area contributed by atoms with E-state index in [0.717, 1.165) is 5.56 Å². The maximum absolute atomic E-state index is 11.7. The molecular formula is C10H16N2OS. The highest BCUT2D eigenvalue weighted by molar-refractivity contribution is 7.07. The van der Waals surface area contributed by atoms with Crippen molar-refractivity contribution in [1.82, 2.24) is 4.90 Å².